The fourth-order valence-corrected chi connectivity index (χ4v) is 1.83. The molecule has 0 saturated heterocycles. The number of hydrogen-bond donors (Lipinski definition) is 1. The molecule has 1 heterocycles. The molecule has 4 heteroatoms. The maximum absolute atomic E-state index is 13.5. The molecule has 1 N–H and O–H groups in total. The van der Waals surface area contributed by atoms with Gasteiger partial charge < -0.3 is 9.73 Å². The highest BCUT2D eigenvalue weighted by atomic mass is 19.2. The molecule has 0 spiro atoms. The Balaban J connectivity index is 1.91. The maximum atomic E-state index is 13.5. The van der Waals surface area contributed by atoms with E-state index in [0.29, 0.717) is 18.5 Å². The third kappa shape index (κ3) is 2.96. The van der Waals surface area contributed by atoms with Crippen LogP contribution in [-0.4, -0.2) is 6.54 Å². The molecule has 2 rings (SSSR count). The Bertz CT molecular complexity index is 497. The van der Waals surface area contributed by atoms with Crippen molar-refractivity contribution in [2.75, 3.05) is 6.54 Å². The second kappa shape index (κ2) is 5.78. The van der Waals surface area contributed by atoms with E-state index < -0.39 is 11.6 Å². The molecule has 1 atom stereocenters. The first-order valence-corrected chi connectivity index (χ1v) is 5.88. The summed E-state index contributed by atoms with van der Waals surface area (Å²) in [7, 11) is 0. The molecule has 2 nitrogen and oxygen atoms in total. The second-order valence-corrected chi connectivity index (χ2v) is 4.15. The molecule has 0 amide bonds. The molecule has 0 saturated carbocycles. The lowest BCUT2D eigenvalue weighted by atomic mass is 10.1. The normalized spacial score (nSPS) is 12.6. The topological polar surface area (TPSA) is 25.2 Å². The summed E-state index contributed by atoms with van der Waals surface area (Å²) in [5, 5.41) is 3.14. The monoisotopic (exact) mass is 251 g/mol. The number of rotatable bonds is 5. The van der Waals surface area contributed by atoms with Gasteiger partial charge in [0.2, 0.25) is 0 Å². The molecule has 0 aliphatic rings. The van der Waals surface area contributed by atoms with Crippen LogP contribution in [0.3, 0.4) is 0 Å². The summed E-state index contributed by atoms with van der Waals surface area (Å²) < 4.78 is 31.8. The average Bonchev–Trinajstić information content (AvgIpc) is 2.85. The zero-order valence-corrected chi connectivity index (χ0v) is 10.1. The van der Waals surface area contributed by atoms with Crippen molar-refractivity contribution in [2.45, 2.75) is 19.4 Å². The Kier molecular flexibility index (Phi) is 4.10. The summed E-state index contributed by atoms with van der Waals surface area (Å²) in [5.41, 5.74) is 0.342. The molecule has 1 aromatic heterocycles. The Hall–Kier alpha value is -1.68. The third-order valence-electron chi connectivity index (χ3n) is 2.85. The highest BCUT2D eigenvalue weighted by Gasteiger charge is 2.13. The first-order chi connectivity index (χ1) is 8.68. The predicted octanol–water partition coefficient (Wildman–Crippen LogP) is 3.45. The van der Waals surface area contributed by atoms with Crippen molar-refractivity contribution < 1.29 is 13.2 Å². The molecular formula is C14H15F2NO. The summed E-state index contributed by atoms with van der Waals surface area (Å²) in [5.74, 6) is -0.725. The number of hydrogen-bond acceptors (Lipinski definition) is 2. The highest BCUT2D eigenvalue weighted by Crippen LogP contribution is 2.18. The van der Waals surface area contributed by atoms with Crippen LogP contribution in [0.25, 0.3) is 0 Å². The number of halogens is 2. The zero-order valence-electron chi connectivity index (χ0n) is 10.1. The van der Waals surface area contributed by atoms with Crippen LogP contribution in [0.2, 0.25) is 0 Å². The summed E-state index contributed by atoms with van der Waals surface area (Å²) in [6.45, 7) is 2.45. The van der Waals surface area contributed by atoms with Gasteiger partial charge in [-0.15, -0.1) is 0 Å². The number of furan rings is 1. The lowest BCUT2D eigenvalue weighted by molar-refractivity contribution is 0.461. The molecule has 1 unspecified atom stereocenters. The Morgan fingerprint density at radius 3 is 2.78 bits per heavy atom. The van der Waals surface area contributed by atoms with Gasteiger partial charge in [0.25, 0.3) is 0 Å². The van der Waals surface area contributed by atoms with Crippen LogP contribution < -0.4 is 5.32 Å². The van der Waals surface area contributed by atoms with Crippen molar-refractivity contribution in [1.82, 2.24) is 5.32 Å². The molecule has 0 aliphatic heterocycles. The maximum Gasteiger partial charge on any atom is 0.163 e. The van der Waals surface area contributed by atoms with Crippen molar-refractivity contribution >= 4 is 0 Å². The first-order valence-electron chi connectivity index (χ1n) is 5.88. The van der Waals surface area contributed by atoms with E-state index in [4.69, 9.17) is 4.42 Å². The Labute approximate surface area is 105 Å². The third-order valence-corrected chi connectivity index (χ3v) is 2.85. The molecule has 96 valence electrons. The smallest absolute Gasteiger partial charge is 0.163 e. The molecule has 1 aromatic carbocycles. The minimum absolute atomic E-state index is 0.240. The standard InChI is InChI=1S/C14H15F2NO/c1-10(12-5-2-6-13(15)14(12)16)17-8-7-11-4-3-9-18-11/h2-6,9-10,17H,7-8H2,1H3. The number of nitrogens with one attached hydrogen (secondary N) is 1. The van der Waals surface area contributed by atoms with E-state index in [1.807, 2.05) is 12.1 Å². The van der Waals surface area contributed by atoms with Gasteiger partial charge >= 0.3 is 0 Å². The molecule has 0 aliphatic carbocycles. The fraction of sp³-hybridized carbons (Fsp3) is 0.286. The van der Waals surface area contributed by atoms with E-state index in [9.17, 15) is 8.78 Å². The van der Waals surface area contributed by atoms with Crippen LogP contribution in [0, 0.1) is 11.6 Å². The molecule has 18 heavy (non-hydrogen) atoms. The molecule has 0 bridgehead atoms. The van der Waals surface area contributed by atoms with Gasteiger partial charge in [-0.3, -0.25) is 0 Å². The molecular weight excluding hydrogens is 236 g/mol. The van der Waals surface area contributed by atoms with Crippen LogP contribution in [-0.2, 0) is 6.42 Å². The van der Waals surface area contributed by atoms with Crippen molar-refractivity contribution in [1.29, 1.82) is 0 Å². The van der Waals surface area contributed by atoms with Crippen LogP contribution in [0.4, 0.5) is 8.78 Å². The molecule has 2 aromatic rings. The minimum atomic E-state index is -0.813. The van der Waals surface area contributed by atoms with Gasteiger partial charge in [-0.05, 0) is 25.1 Å². The minimum Gasteiger partial charge on any atom is -0.469 e. The number of benzene rings is 1. The van der Waals surface area contributed by atoms with Crippen LogP contribution in [0.5, 0.6) is 0 Å². The van der Waals surface area contributed by atoms with E-state index in [2.05, 4.69) is 5.32 Å². The van der Waals surface area contributed by atoms with Crippen LogP contribution >= 0.6 is 0 Å². The van der Waals surface area contributed by atoms with Crippen LogP contribution in [0.15, 0.2) is 41.0 Å². The quantitative estimate of drug-likeness (QED) is 0.880. The van der Waals surface area contributed by atoms with E-state index in [0.717, 1.165) is 11.8 Å². The van der Waals surface area contributed by atoms with Crippen molar-refractivity contribution in [3.05, 3.63) is 59.6 Å². The van der Waals surface area contributed by atoms with Gasteiger partial charge in [0, 0.05) is 24.6 Å². The summed E-state index contributed by atoms with van der Waals surface area (Å²) in [6.07, 6.45) is 2.33. The van der Waals surface area contributed by atoms with E-state index >= 15 is 0 Å². The Morgan fingerprint density at radius 1 is 1.22 bits per heavy atom. The summed E-state index contributed by atoms with van der Waals surface area (Å²) >= 11 is 0. The lowest BCUT2D eigenvalue weighted by Gasteiger charge is -2.14. The second-order valence-electron chi connectivity index (χ2n) is 4.15. The molecule has 0 radical (unpaired) electrons. The predicted molar refractivity (Wildman–Crippen MR) is 65.2 cm³/mol. The summed E-state index contributed by atoms with van der Waals surface area (Å²) in [4.78, 5) is 0. The van der Waals surface area contributed by atoms with E-state index in [-0.39, 0.29) is 6.04 Å². The van der Waals surface area contributed by atoms with E-state index in [1.54, 1.807) is 19.3 Å². The van der Waals surface area contributed by atoms with Gasteiger partial charge in [-0.2, -0.15) is 0 Å². The SMILES string of the molecule is CC(NCCc1ccco1)c1cccc(F)c1F. The largest absolute Gasteiger partial charge is 0.469 e. The highest BCUT2D eigenvalue weighted by molar-refractivity contribution is 5.22. The van der Waals surface area contributed by atoms with Gasteiger partial charge in [-0.25, -0.2) is 8.78 Å². The molecule has 0 fully saturated rings. The van der Waals surface area contributed by atoms with E-state index in [1.165, 1.54) is 6.07 Å². The van der Waals surface area contributed by atoms with Crippen molar-refractivity contribution in [2.24, 2.45) is 0 Å². The van der Waals surface area contributed by atoms with Gasteiger partial charge in [0.15, 0.2) is 11.6 Å². The fourth-order valence-electron chi connectivity index (χ4n) is 1.83. The Morgan fingerprint density at radius 2 is 2.06 bits per heavy atom. The van der Waals surface area contributed by atoms with Crippen LogP contribution in [0.1, 0.15) is 24.3 Å². The van der Waals surface area contributed by atoms with Gasteiger partial charge in [0.05, 0.1) is 6.26 Å². The van der Waals surface area contributed by atoms with Crippen molar-refractivity contribution in [3.63, 3.8) is 0 Å². The lowest BCUT2D eigenvalue weighted by Crippen LogP contribution is -2.22. The van der Waals surface area contributed by atoms with Gasteiger partial charge in [0.1, 0.15) is 5.76 Å². The van der Waals surface area contributed by atoms with Crippen molar-refractivity contribution in [3.8, 4) is 0 Å². The van der Waals surface area contributed by atoms with Gasteiger partial charge in [-0.1, -0.05) is 12.1 Å². The summed E-state index contributed by atoms with van der Waals surface area (Å²) in [6, 6.07) is 7.69. The first kappa shape index (κ1) is 12.8. The average molecular weight is 251 g/mol. The zero-order chi connectivity index (χ0) is 13.0.